The van der Waals surface area contributed by atoms with Crippen molar-refractivity contribution in [1.29, 1.82) is 0 Å². The Bertz CT molecular complexity index is 274. The number of aryl methyl sites for hydroxylation is 2. The van der Waals surface area contributed by atoms with E-state index >= 15 is 0 Å². The molecular weight excluding hydrogens is 134 g/mol. The Morgan fingerprint density at radius 2 is 2.00 bits per heavy atom. The molecule has 0 atom stereocenters. The molecule has 1 aromatic carbocycles. The highest BCUT2D eigenvalue weighted by Crippen LogP contribution is 2.11. The van der Waals surface area contributed by atoms with Gasteiger partial charge in [-0.2, -0.15) is 0 Å². The number of rotatable bonds is 1. The van der Waals surface area contributed by atoms with Crippen molar-refractivity contribution in [2.75, 3.05) is 0 Å². The maximum absolute atomic E-state index is 5.30. The number of hydrogen-bond donors (Lipinski definition) is 1. The van der Waals surface area contributed by atoms with Crippen LogP contribution in [0.5, 0.6) is 0 Å². The summed E-state index contributed by atoms with van der Waals surface area (Å²) < 4.78 is 0. The molecule has 0 aromatic heterocycles. The third kappa shape index (κ3) is 1.84. The van der Waals surface area contributed by atoms with E-state index in [0.717, 1.165) is 0 Å². The Balaban J connectivity index is 3.12. The van der Waals surface area contributed by atoms with E-state index in [4.69, 9.17) is 5.73 Å². The summed E-state index contributed by atoms with van der Waals surface area (Å²) in [6.45, 7) is 4.15. The third-order valence-corrected chi connectivity index (χ3v) is 1.71. The minimum atomic E-state index is 1.20. The standard InChI is InChI=1S/C10H13N/c1-8-3-4-9(2)10(7-8)5-6-11/h3-7H,11H2,1-2H3/b6-5-. The Morgan fingerprint density at radius 1 is 1.27 bits per heavy atom. The first-order valence-corrected chi connectivity index (χ1v) is 3.69. The molecule has 1 aromatic rings. The molecule has 0 spiro atoms. The molecule has 0 aliphatic heterocycles. The number of hydrogen-bond acceptors (Lipinski definition) is 1. The van der Waals surface area contributed by atoms with E-state index in [1.807, 2.05) is 6.08 Å². The van der Waals surface area contributed by atoms with Gasteiger partial charge in [-0.3, -0.25) is 0 Å². The Hall–Kier alpha value is -1.24. The quantitative estimate of drug-likeness (QED) is 0.647. The van der Waals surface area contributed by atoms with Crippen LogP contribution in [0.1, 0.15) is 16.7 Å². The Morgan fingerprint density at radius 3 is 2.64 bits per heavy atom. The lowest BCUT2D eigenvalue weighted by Crippen LogP contribution is -1.83. The second-order valence-electron chi connectivity index (χ2n) is 2.72. The largest absolute Gasteiger partial charge is 0.405 e. The van der Waals surface area contributed by atoms with Crippen molar-refractivity contribution in [3.63, 3.8) is 0 Å². The zero-order valence-corrected chi connectivity index (χ0v) is 6.96. The van der Waals surface area contributed by atoms with Gasteiger partial charge in [0.2, 0.25) is 0 Å². The van der Waals surface area contributed by atoms with Gasteiger partial charge in [-0.1, -0.05) is 23.8 Å². The highest BCUT2D eigenvalue weighted by Gasteiger charge is 1.92. The highest BCUT2D eigenvalue weighted by molar-refractivity contribution is 5.54. The summed E-state index contributed by atoms with van der Waals surface area (Å²) in [7, 11) is 0. The molecule has 0 fully saturated rings. The van der Waals surface area contributed by atoms with Crippen LogP contribution in [0.3, 0.4) is 0 Å². The molecule has 0 aliphatic carbocycles. The summed E-state index contributed by atoms with van der Waals surface area (Å²) in [5.41, 5.74) is 9.03. The van der Waals surface area contributed by atoms with E-state index < -0.39 is 0 Å². The molecule has 2 N–H and O–H groups in total. The van der Waals surface area contributed by atoms with Crippen molar-refractivity contribution >= 4 is 6.08 Å². The van der Waals surface area contributed by atoms with Crippen LogP contribution >= 0.6 is 0 Å². The average molecular weight is 147 g/mol. The van der Waals surface area contributed by atoms with Crippen LogP contribution in [-0.4, -0.2) is 0 Å². The van der Waals surface area contributed by atoms with Crippen LogP contribution in [-0.2, 0) is 0 Å². The van der Waals surface area contributed by atoms with Crippen LogP contribution in [0, 0.1) is 13.8 Å². The first-order valence-electron chi connectivity index (χ1n) is 3.69. The minimum absolute atomic E-state index is 1.20. The fourth-order valence-electron chi connectivity index (χ4n) is 1.04. The zero-order valence-electron chi connectivity index (χ0n) is 6.96. The minimum Gasteiger partial charge on any atom is -0.405 e. The smallest absolute Gasteiger partial charge is 0.00563 e. The molecule has 1 rings (SSSR count). The second-order valence-corrected chi connectivity index (χ2v) is 2.72. The lowest BCUT2D eigenvalue weighted by molar-refractivity contribution is 1.37. The van der Waals surface area contributed by atoms with Crippen molar-refractivity contribution in [1.82, 2.24) is 0 Å². The molecule has 0 heterocycles. The summed E-state index contributed by atoms with van der Waals surface area (Å²) in [5.74, 6) is 0. The van der Waals surface area contributed by atoms with Gasteiger partial charge < -0.3 is 5.73 Å². The van der Waals surface area contributed by atoms with Crippen molar-refractivity contribution in [2.45, 2.75) is 13.8 Å². The van der Waals surface area contributed by atoms with Gasteiger partial charge >= 0.3 is 0 Å². The fraction of sp³-hybridized carbons (Fsp3) is 0.200. The topological polar surface area (TPSA) is 26.0 Å². The fourth-order valence-corrected chi connectivity index (χ4v) is 1.04. The number of nitrogens with two attached hydrogens (primary N) is 1. The predicted octanol–water partition coefficient (Wildman–Crippen LogP) is 2.23. The second kappa shape index (κ2) is 3.24. The van der Waals surface area contributed by atoms with Crippen LogP contribution in [0.2, 0.25) is 0 Å². The lowest BCUT2D eigenvalue weighted by atomic mass is 10.1. The highest BCUT2D eigenvalue weighted by atomic mass is 14.5. The summed E-state index contributed by atoms with van der Waals surface area (Å²) in [6.07, 6.45) is 3.49. The van der Waals surface area contributed by atoms with Crippen molar-refractivity contribution in [3.8, 4) is 0 Å². The van der Waals surface area contributed by atoms with Crippen molar-refractivity contribution in [3.05, 3.63) is 41.1 Å². The van der Waals surface area contributed by atoms with Crippen LogP contribution in [0.25, 0.3) is 6.08 Å². The molecule has 58 valence electrons. The average Bonchev–Trinajstić information content (AvgIpc) is 1.98. The lowest BCUT2D eigenvalue weighted by Gasteiger charge is -2.00. The van der Waals surface area contributed by atoms with Gasteiger partial charge in [0.25, 0.3) is 0 Å². The molecular formula is C10H13N. The molecule has 0 aliphatic rings. The van der Waals surface area contributed by atoms with Crippen molar-refractivity contribution in [2.24, 2.45) is 5.73 Å². The first kappa shape index (κ1) is 7.86. The SMILES string of the molecule is Cc1ccc(C)c(/C=C\N)c1. The van der Waals surface area contributed by atoms with E-state index in [9.17, 15) is 0 Å². The maximum atomic E-state index is 5.30. The van der Waals surface area contributed by atoms with Gasteiger partial charge in [-0.25, -0.2) is 0 Å². The molecule has 1 heteroatoms. The first-order chi connectivity index (χ1) is 5.24. The van der Waals surface area contributed by atoms with E-state index in [2.05, 4.69) is 32.0 Å². The van der Waals surface area contributed by atoms with Crippen LogP contribution in [0.4, 0.5) is 0 Å². The van der Waals surface area contributed by atoms with Gasteiger partial charge in [0.05, 0.1) is 0 Å². The summed E-state index contributed by atoms with van der Waals surface area (Å²) in [4.78, 5) is 0. The predicted molar refractivity (Wildman–Crippen MR) is 49.1 cm³/mol. The van der Waals surface area contributed by atoms with E-state index in [-0.39, 0.29) is 0 Å². The maximum Gasteiger partial charge on any atom is -0.00563 e. The van der Waals surface area contributed by atoms with Gasteiger partial charge in [0.1, 0.15) is 0 Å². The van der Waals surface area contributed by atoms with Gasteiger partial charge in [-0.15, -0.1) is 0 Å². The molecule has 0 saturated heterocycles. The molecule has 0 saturated carbocycles. The van der Waals surface area contributed by atoms with E-state index in [1.165, 1.54) is 16.7 Å². The molecule has 0 bridgehead atoms. The molecule has 0 unspecified atom stereocenters. The third-order valence-electron chi connectivity index (χ3n) is 1.71. The Kier molecular flexibility index (Phi) is 2.32. The number of benzene rings is 1. The molecule has 1 nitrogen and oxygen atoms in total. The molecule has 0 radical (unpaired) electrons. The van der Waals surface area contributed by atoms with Gasteiger partial charge in [-0.05, 0) is 37.3 Å². The van der Waals surface area contributed by atoms with Gasteiger partial charge in [0, 0.05) is 0 Å². The molecule has 0 amide bonds. The van der Waals surface area contributed by atoms with Gasteiger partial charge in [0.15, 0.2) is 0 Å². The monoisotopic (exact) mass is 147 g/mol. The molecule has 11 heavy (non-hydrogen) atoms. The van der Waals surface area contributed by atoms with E-state index in [1.54, 1.807) is 6.20 Å². The summed E-state index contributed by atoms with van der Waals surface area (Å²) >= 11 is 0. The zero-order chi connectivity index (χ0) is 8.27. The Labute approximate surface area is 67.5 Å². The summed E-state index contributed by atoms with van der Waals surface area (Å²) in [5, 5.41) is 0. The van der Waals surface area contributed by atoms with Crippen molar-refractivity contribution < 1.29 is 0 Å². The normalized spacial score (nSPS) is 10.7. The van der Waals surface area contributed by atoms with Crippen LogP contribution < -0.4 is 5.73 Å². The summed E-state index contributed by atoms with van der Waals surface area (Å²) in [6, 6.07) is 6.33. The van der Waals surface area contributed by atoms with Crippen LogP contribution in [0.15, 0.2) is 24.4 Å². The van der Waals surface area contributed by atoms with E-state index in [0.29, 0.717) is 0 Å².